The summed E-state index contributed by atoms with van der Waals surface area (Å²) in [5.74, 6) is 0.413. The molecule has 0 saturated heterocycles. The number of carbonyl (C=O) groups is 2. The predicted molar refractivity (Wildman–Crippen MR) is 121 cm³/mol. The smallest absolute Gasteiger partial charge is 0.242 e. The van der Waals surface area contributed by atoms with Gasteiger partial charge in [0.25, 0.3) is 0 Å². The average Bonchev–Trinajstić information content (AvgIpc) is 2.75. The molecule has 2 amide bonds. The number of amides is 2. The quantitative estimate of drug-likeness (QED) is 0.484. The van der Waals surface area contributed by atoms with Gasteiger partial charge in [-0.2, -0.15) is 0 Å². The molecule has 0 aromatic heterocycles. The second-order valence-corrected chi connectivity index (χ2v) is 7.83. The molecule has 0 aliphatic heterocycles. The Kier molecular flexibility index (Phi) is 9.98. The van der Waals surface area contributed by atoms with Crippen molar-refractivity contribution in [2.24, 2.45) is 0 Å². The first-order valence-electron chi connectivity index (χ1n) is 10.1. The van der Waals surface area contributed by atoms with Crippen molar-refractivity contribution >= 4 is 35.0 Å². The minimum Gasteiger partial charge on any atom is -0.494 e. The molecule has 2 rings (SSSR count). The van der Waals surface area contributed by atoms with Crippen LogP contribution in [0.3, 0.4) is 0 Å². The number of nitrogens with one attached hydrogen (secondary N) is 1. The lowest BCUT2D eigenvalue weighted by atomic mass is 10.1. The molecule has 7 heteroatoms. The predicted octanol–water partition coefficient (Wildman–Crippen LogP) is 5.10. The Balaban J connectivity index is 1.98. The van der Waals surface area contributed by atoms with Crippen LogP contribution in [0.1, 0.15) is 38.7 Å². The van der Waals surface area contributed by atoms with Gasteiger partial charge in [-0.3, -0.25) is 9.59 Å². The van der Waals surface area contributed by atoms with Gasteiger partial charge in [0, 0.05) is 29.6 Å². The number of halogens is 2. The third-order valence-corrected chi connectivity index (χ3v) is 5.25. The van der Waals surface area contributed by atoms with E-state index in [2.05, 4.69) is 5.32 Å². The SMILES string of the molecule is CCCNC(=O)[C@@H](C)N(Cc1ccccc1Cl)C(=O)CCCOc1ccc(Cl)cc1. The van der Waals surface area contributed by atoms with Crippen molar-refractivity contribution in [3.8, 4) is 5.75 Å². The molecule has 0 unspecified atom stereocenters. The Morgan fingerprint density at radius 1 is 1.10 bits per heavy atom. The Morgan fingerprint density at radius 3 is 2.47 bits per heavy atom. The van der Waals surface area contributed by atoms with Gasteiger partial charge < -0.3 is 15.0 Å². The number of nitrogens with zero attached hydrogens (tertiary/aromatic N) is 1. The van der Waals surface area contributed by atoms with E-state index in [1.807, 2.05) is 25.1 Å². The monoisotopic (exact) mass is 450 g/mol. The van der Waals surface area contributed by atoms with Gasteiger partial charge in [-0.05, 0) is 55.7 Å². The van der Waals surface area contributed by atoms with Gasteiger partial charge >= 0.3 is 0 Å². The Labute approximate surface area is 188 Å². The standard InChI is InChI=1S/C23H28Cl2N2O3/c1-3-14-26-23(29)17(2)27(16-18-7-4-5-8-21(18)25)22(28)9-6-15-30-20-12-10-19(24)11-13-20/h4-5,7-8,10-13,17H,3,6,9,14-16H2,1-2H3,(H,26,29)/t17-/m1/s1. The van der Waals surface area contributed by atoms with Crippen LogP contribution in [-0.4, -0.2) is 35.9 Å². The number of carbonyl (C=O) groups excluding carboxylic acids is 2. The molecule has 2 aromatic carbocycles. The van der Waals surface area contributed by atoms with Crippen LogP contribution < -0.4 is 10.1 Å². The number of hydrogen-bond acceptors (Lipinski definition) is 3. The fraction of sp³-hybridized carbons (Fsp3) is 0.391. The van der Waals surface area contributed by atoms with Crippen molar-refractivity contribution in [1.82, 2.24) is 10.2 Å². The van der Waals surface area contributed by atoms with E-state index < -0.39 is 6.04 Å². The number of ether oxygens (including phenoxy) is 1. The number of rotatable bonds is 11. The van der Waals surface area contributed by atoms with Crippen LogP contribution in [-0.2, 0) is 16.1 Å². The molecule has 0 spiro atoms. The van der Waals surface area contributed by atoms with E-state index in [0.29, 0.717) is 35.4 Å². The van der Waals surface area contributed by atoms with Crippen LogP contribution in [0.15, 0.2) is 48.5 Å². The van der Waals surface area contributed by atoms with E-state index in [-0.39, 0.29) is 24.8 Å². The second kappa shape index (κ2) is 12.5. The van der Waals surface area contributed by atoms with Crippen molar-refractivity contribution < 1.29 is 14.3 Å². The fourth-order valence-corrected chi connectivity index (χ4v) is 3.20. The summed E-state index contributed by atoms with van der Waals surface area (Å²) in [4.78, 5) is 27.0. The maximum Gasteiger partial charge on any atom is 0.242 e. The molecule has 0 radical (unpaired) electrons. The Morgan fingerprint density at radius 2 is 1.80 bits per heavy atom. The van der Waals surface area contributed by atoms with Gasteiger partial charge in [0.15, 0.2) is 0 Å². The van der Waals surface area contributed by atoms with Crippen LogP contribution in [0, 0.1) is 0 Å². The summed E-state index contributed by atoms with van der Waals surface area (Å²) in [5, 5.41) is 4.07. The van der Waals surface area contributed by atoms with Crippen LogP contribution in [0.4, 0.5) is 0 Å². The van der Waals surface area contributed by atoms with E-state index in [9.17, 15) is 9.59 Å². The van der Waals surface area contributed by atoms with Crippen LogP contribution >= 0.6 is 23.2 Å². The zero-order valence-electron chi connectivity index (χ0n) is 17.4. The minimum atomic E-state index is -0.600. The molecule has 0 saturated carbocycles. The molecule has 2 aromatic rings. The molecular formula is C23H28Cl2N2O3. The zero-order valence-corrected chi connectivity index (χ0v) is 18.9. The molecule has 0 bridgehead atoms. The molecule has 1 N–H and O–H groups in total. The van der Waals surface area contributed by atoms with Gasteiger partial charge in [-0.1, -0.05) is 48.3 Å². The lowest BCUT2D eigenvalue weighted by Gasteiger charge is -2.29. The van der Waals surface area contributed by atoms with Gasteiger partial charge in [-0.15, -0.1) is 0 Å². The van der Waals surface area contributed by atoms with E-state index in [4.69, 9.17) is 27.9 Å². The lowest BCUT2D eigenvalue weighted by molar-refractivity contribution is -0.140. The van der Waals surface area contributed by atoms with Crippen LogP contribution in [0.25, 0.3) is 0 Å². The highest BCUT2D eigenvalue weighted by Gasteiger charge is 2.26. The highest BCUT2D eigenvalue weighted by Crippen LogP contribution is 2.20. The molecule has 30 heavy (non-hydrogen) atoms. The van der Waals surface area contributed by atoms with E-state index >= 15 is 0 Å². The maximum absolute atomic E-state index is 13.0. The van der Waals surface area contributed by atoms with Crippen LogP contribution in [0.2, 0.25) is 10.0 Å². The first-order valence-corrected chi connectivity index (χ1v) is 10.9. The summed E-state index contributed by atoms with van der Waals surface area (Å²) in [5.41, 5.74) is 0.806. The maximum atomic E-state index is 13.0. The van der Waals surface area contributed by atoms with E-state index in [0.717, 1.165) is 12.0 Å². The molecule has 0 heterocycles. The van der Waals surface area contributed by atoms with Gasteiger partial charge in [0.2, 0.25) is 11.8 Å². The largest absolute Gasteiger partial charge is 0.494 e. The summed E-state index contributed by atoms with van der Waals surface area (Å²) >= 11 is 12.1. The summed E-state index contributed by atoms with van der Waals surface area (Å²) in [7, 11) is 0. The first-order chi connectivity index (χ1) is 14.4. The summed E-state index contributed by atoms with van der Waals surface area (Å²) in [6.45, 7) is 4.97. The Hall–Kier alpha value is -2.24. The minimum absolute atomic E-state index is 0.117. The molecular weight excluding hydrogens is 423 g/mol. The molecule has 5 nitrogen and oxygen atoms in total. The Bertz CT molecular complexity index is 827. The zero-order chi connectivity index (χ0) is 21.9. The highest BCUT2D eigenvalue weighted by atomic mass is 35.5. The van der Waals surface area contributed by atoms with Gasteiger partial charge in [-0.25, -0.2) is 0 Å². The third kappa shape index (κ3) is 7.54. The normalized spacial score (nSPS) is 11.6. The highest BCUT2D eigenvalue weighted by molar-refractivity contribution is 6.31. The van der Waals surface area contributed by atoms with Crippen molar-refractivity contribution in [3.05, 3.63) is 64.1 Å². The van der Waals surface area contributed by atoms with Crippen molar-refractivity contribution in [2.45, 2.75) is 45.7 Å². The number of benzene rings is 2. The molecule has 162 valence electrons. The van der Waals surface area contributed by atoms with Gasteiger partial charge in [0.05, 0.1) is 6.61 Å². The average molecular weight is 451 g/mol. The summed E-state index contributed by atoms with van der Waals surface area (Å²) in [6, 6.07) is 13.8. The van der Waals surface area contributed by atoms with Crippen molar-refractivity contribution in [3.63, 3.8) is 0 Å². The summed E-state index contributed by atoms with van der Waals surface area (Å²) < 4.78 is 5.66. The topological polar surface area (TPSA) is 58.6 Å². The molecule has 1 atom stereocenters. The van der Waals surface area contributed by atoms with E-state index in [1.165, 1.54) is 0 Å². The second-order valence-electron chi connectivity index (χ2n) is 6.99. The number of hydrogen-bond donors (Lipinski definition) is 1. The van der Waals surface area contributed by atoms with E-state index in [1.54, 1.807) is 42.2 Å². The third-order valence-electron chi connectivity index (χ3n) is 4.63. The van der Waals surface area contributed by atoms with Crippen LogP contribution in [0.5, 0.6) is 5.75 Å². The van der Waals surface area contributed by atoms with Crippen molar-refractivity contribution in [2.75, 3.05) is 13.2 Å². The van der Waals surface area contributed by atoms with Crippen molar-refractivity contribution in [1.29, 1.82) is 0 Å². The summed E-state index contributed by atoms with van der Waals surface area (Å²) in [6.07, 6.45) is 1.63. The first kappa shape index (κ1) is 24.0. The van der Waals surface area contributed by atoms with Gasteiger partial charge in [0.1, 0.15) is 11.8 Å². The molecule has 0 fully saturated rings. The molecule has 0 aliphatic rings. The fourth-order valence-electron chi connectivity index (χ4n) is 2.88. The lowest BCUT2D eigenvalue weighted by Crippen LogP contribution is -2.47. The molecule has 0 aliphatic carbocycles.